The van der Waals surface area contributed by atoms with Crippen LogP contribution in [0.25, 0.3) is 21.7 Å². The van der Waals surface area contributed by atoms with Gasteiger partial charge in [0.2, 0.25) is 0 Å². The van der Waals surface area contributed by atoms with Crippen molar-refractivity contribution in [2.75, 3.05) is 24.4 Å². The molecule has 0 aliphatic carbocycles. The zero-order chi connectivity index (χ0) is 21.7. The molecular weight excluding hydrogens is 418 g/mol. The summed E-state index contributed by atoms with van der Waals surface area (Å²) in [6.07, 6.45) is 0. The van der Waals surface area contributed by atoms with Gasteiger partial charge in [0.1, 0.15) is 11.4 Å². The number of nitrogens with zero attached hydrogens (tertiary/aromatic N) is 2. The Kier molecular flexibility index (Phi) is 4.55. The van der Waals surface area contributed by atoms with Crippen molar-refractivity contribution in [2.45, 2.75) is 5.92 Å². The van der Waals surface area contributed by atoms with E-state index in [4.69, 9.17) is 16.3 Å². The second-order valence-electron chi connectivity index (χ2n) is 7.53. The van der Waals surface area contributed by atoms with E-state index in [1.54, 1.807) is 30.2 Å². The topological polar surface area (TPSA) is 88.5 Å². The van der Waals surface area contributed by atoms with E-state index < -0.39 is 4.92 Å². The van der Waals surface area contributed by atoms with E-state index in [1.165, 1.54) is 6.07 Å². The Labute approximate surface area is 182 Å². The average Bonchev–Trinajstić information content (AvgIpc) is 3.38. The Morgan fingerprint density at radius 1 is 1.23 bits per heavy atom. The van der Waals surface area contributed by atoms with E-state index in [9.17, 15) is 14.9 Å². The number of non-ortho nitro benzene ring substituents is 1. The normalized spacial score (nSPS) is 15.4. The molecule has 5 rings (SSSR count). The van der Waals surface area contributed by atoms with Gasteiger partial charge in [0.05, 0.1) is 23.1 Å². The molecule has 4 aromatic rings. The quantitative estimate of drug-likeness (QED) is 0.270. The van der Waals surface area contributed by atoms with Crippen LogP contribution in [0.1, 0.15) is 22.0 Å². The minimum absolute atomic E-state index is 0.0243. The molecule has 1 aromatic heterocycles. The zero-order valence-corrected chi connectivity index (χ0v) is 17.3. The van der Waals surface area contributed by atoms with E-state index >= 15 is 0 Å². The fourth-order valence-electron chi connectivity index (χ4n) is 4.39. The second-order valence-corrected chi connectivity index (χ2v) is 7.84. The molecule has 1 amide bonds. The lowest BCUT2D eigenvalue weighted by atomic mass is 9.95. The molecule has 0 fully saturated rings. The minimum Gasteiger partial charge on any atom is -0.497 e. The molecule has 156 valence electrons. The highest BCUT2D eigenvalue weighted by molar-refractivity contribution is 6.19. The number of anilines is 1. The number of hydrogen-bond acceptors (Lipinski definition) is 4. The van der Waals surface area contributed by atoms with E-state index in [2.05, 4.69) is 4.98 Å². The molecule has 0 bridgehead atoms. The van der Waals surface area contributed by atoms with Crippen molar-refractivity contribution in [1.29, 1.82) is 0 Å². The summed E-state index contributed by atoms with van der Waals surface area (Å²) in [4.78, 5) is 29.5. The second kappa shape index (κ2) is 7.28. The summed E-state index contributed by atoms with van der Waals surface area (Å²) in [5.41, 5.74) is 2.60. The van der Waals surface area contributed by atoms with Crippen LogP contribution in [0.5, 0.6) is 5.75 Å². The highest BCUT2D eigenvalue weighted by Crippen LogP contribution is 2.45. The SMILES string of the molecule is COc1ccc2[nH]c(C(=O)N3CC(CCl)c4c3cc([N+](=O)[O-])c3ccccc43)cc2c1. The number of hydrogen-bond donors (Lipinski definition) is 1. The smallest absolute Gasteiger partial charge is 0.279 e. The molecule has 1 atom stereocenters. The van der Waals surface area contributed by atoms with Crippen LogP contribution in [0.4, 0.5) is 11.4 Å². The Hall–Kier alpha value is -3.58. The summed E-state index contributed by atoms with van der Waals surface area (Å²) in [6.45, 7) is 0.363. The largest absolute Gasteiger partial charge is 0.497 e. The van der Waals surface area contributed by atoms with Gasteiger partial charge in [-0.25, -0.2) is 0 Å². The first-order valence-electron chi connectivity index (χ1n) is 9.76. The number of H-pyrrole nitrogens is 1. The molecule has 31 heavy (non-hydrogen) atoms. The highest BCUT2D eigenvalue weighted by atomic mass is 35.5. The third-order valence-corrected chi connectivity index (χ3v) is 6.20. The summed E-state index contributed by atoms with van der Waals surface area (Å²) in [6, 6.07) is 16.0. The number of ether oxygens (including phenoxy) is 1. The number of methoxy groups -OCH3 is 1. The van der Waals surface area contributed by atoms with Crippen molar-refractivity contribution in [3.05, 3.63) is 76.0 Å². The van der Waals surface area contributed by atoms with Gasteiger partial charge in [-0.05, 0) is 41.3 Å². The molecule has 8 heteroatoms. The van der Waals surface area contributed by atoms with Gasteiger partial charge in [0, 0.05) is 35.3 Å². The van der Waals surface area contributed by atoms with E-state index in [0.29, 0.717) is 34.9 Å². The molecule has 0 radical (unpaired) electrons. The summed E-state index contributed by atoms with van der Waals surface area (Å²) >= 11 is 6.26. The van der Waals surface area contributed by atoms with Gasteiger partial charge >= 0.3 is 0 Å². The molecule has 1 N–H and O–H groups in total. The third-order valence-electron chi connectivity index (χ3n) is 5.83. The lowest BCUT2D eigenvalue weighted by Gasteiger charge is -2.17. The van der Waals surface area contributed by atoms with Crippen molar-refractivity contribution in [3.8, 4) is 5.75 Å². The van der Waals surface area contributed by atoms with Crippen molar-refractivity contribution in [2.24, 2.45) is 0 Å². The lowest BCUT2D eigenvalue weighted by molar-refractivity contribution is -0.383. The number of carbonyl (C=O) groups excluding carboxylic acids is 1. The predicted molar refractivity (Wildman–Crippen MR) is 121 cm³/mol. The van der Waals surface area contributed by atoms with Crippen molar-refractivity contribution >= 4 is 50.6 Å². The zero-order valence-electron chi connectivity index (χ0n) is 16.6. The van der Waals surface area contributed by atoms with Crippen LogP contribution in [-0.2, 0) is 0 Å². The predicted octanol–water partition coefficient (Wildman–Crippen LogP) is 5.22. The number of nitro benzene ring substituents is 1. The van der Waals surface area contributed by atoms with E-state index in [0.717, 1.165) is 21.9 Å². The standard InChI is InChI=1S/C23H18ClN3O4/c1-31-15-6-7-18-13(8-15)9-19(25-18)23(28)26-12-14(11-24)22-17-5-3-2-4-16(17)20(27(29)30)10-21(22)26/h2-10,14,25H,11-12H2,1H3. The van der Waals surface area contributed by atoms with Crippen molar-refractivity contribution < 1.29 is 14.5 Å². The maximum absolute atomic E-state index is 13.5. The van der Waals surface area contributed by atoms with E-state index in [1.807, 2.05) is 30.3 Å². The molecule has 0 saturated heterocycles. The van der Waals surface area contributed by atoms with Gasteiger partial charge in [-0.15, -0.1) is 11.6 Å². The maximum Gasteiger partial charge on any atom is 0.279 e. The fraction of sp³-hybridized carbons (Fsp3) is 0.174. The number of amides is 1. The molecular formula is C23H18ClN3O4. The number of alkyl halides is 1. The summed E-state index contributed by atoms with van der Waals surface area (Å²) in [5.74, 6) is 0.633. The molecule has 0 saturated carbocycles. The van der Waals surface area contributed by atoms with Crippen LogP contribution in [0.3, 0.4) is 0 Å². The first-order chi connectivity index (χ1) is 15.0. The van der Waals surface area contributed by atoms with Gasteiger partial charge < -0.3 is 14.6 Å². The van der Waals surface area contributed by atoms with Crippen LogP contribution >= 0.6 is 11.6 Å². The number of nitrogens with one attached hydrogen (secondary N) is 1. The summed E-state index contributed by atoms with van der Waals surface area (Å²) < 4.78 is 5.26. The number of halogens is 1. The maximum atomic E-state index is 13.5. The average molecular weight is 436 g/mol. The first kappa shape index (κ1) is 19.4. The molecule has 1 aliphatic heterocycles. The number of nitro groups is 1. The molecule has 0 spiro atoms. The van der Waals surface area contributed by atoms with Gasteiger partial charge in [-0.1, -0.05) is 18.2 Å². The number of aromatic amines is 1. The number of aromatic nitrogens is 1. The molecule has 1 unspecified atom stereocenters. The Morgan fingerprint density at radius 3 is 2.71 bits per heavy atom. The van der Waals surface area contributed by atoms with Crippen LogP contribution in [-0.4, -0.2) is 35.3 Å². The molecule has 1 aliphatic rings. The fourth-order valence-corrected chi connectivity index (χ4v) is 4.65. The van der Waals surface area contributed by atoms with E-state index in [-0.39, 0.29) is 17.5 Å². The third kappa shape index (κ3) is 3.00. The number of rotatable bonds is 4. The number of benzene rings is 3. The monoisotopic (exact) mass is 435 g/mol. The molecule has 3 aromatic carbocycles. The van der Waals surface area contributed by atoms with Gasteiger partial charge in [0.25, 0.3) is 11.6 Å². The number of fused-ring (bicyclic) bond motifs is 4. The van der Waals surface area contributed by atoms with Crippen LogP contribution in [0.15, 0.2) is 54.6 Å². The van der Waals surface area contributed by atoms with Crippen molar-refractivity contribution in [1.82, 2.24) is 4.98 Å². The summed E-state index contributed by atoms with van der Waals surface area (Å²) in [7, 11) is 1.59. The Bertz CT molecular complexity index is 1360. The van der Waals surface area contributed by atoms with Crippen LogP contribution in [0, 0.1) is 10.1 Å². The lowest BCUT2D eigenvalue weighted by Crippen LogP contribution is -2.30. The van der Waals surface area contributed by atoms with Gasteiger partial charge in [-0.2, -0.15) is 0 Å². The highest BCUT2D eigenvalue weighted by Gasteiger charge is 2.36. The van der Waals surface area contributed by atoms with Crippen LogP contribution in [0.2, 0.25) is 0 Å². The van der Waals surface area contributed by atoms with Gasteiger partial charge in [0.15, 0.2) is 0 Å². The molecule has 2 heterocycles. The first-order valence-corrected chi connectivity index (χ1v) is 10.3. The van der Waals surface area contributed by atoms with Gasteiger partial charge in [-0.3, -0.25) is 14.9 Å². The van der Waals surface area contributed by atoms with Crippen LogP contribution < -0.4 is 9.64 Å². The Balaban J connectivity index is 1.66. The minimum atomic E-state index is -0.408. The number of carbonyl (C=O) groups is 1. The van der Waals surface area contributed by atoms with Crippen molar-refractivity contribution in [3.63, 3.8) is 0 Å². The Morgan fingerprint density at radius 2 is 2.00 bits per heavy atom. The summed E-state index contributed by atoms with van der Waals surface area (Å²) in [5, 5.41) is 13.9. The molecule has 7 nitrogen and oxygen atoms in total.